The van der Waals surface area contributed by atoms with E-state index < -0.39 is 0 Å². The molecule has 0 aromatic heterocycles. The van der Waals surface area contributed by atoms with Crippen LogP contribution in [0.3, 0.4) is 0 Å². The molecule has 122 valence electrons. The zero-order chi connectivity index (χ0) is 16.6. The second kappa shape index (κ2) is 6.03. The Balaban J connectivity index is 2.06. The van der Waals surface area contributed by atoms with Gasteiger partial charge >= 0.3 is 0 Å². The van der Waals surface area contributed by atoms with Gasteiger partial charge < -0.3 is 4.74 Å². The van der Waals surface area contributed by atoms with E-state index in [9.17, 15) is 0 Å². The Hall–Kier alpha value is -1.76. The number of hydrogen-bond acceptors (Lipinski definition) is 1. The van der Waals surface area contributed by atoms with E-state index >= 15 is 0 Å². The molecule has 1 aliphatic rings. The highest BCUT2D eigenvalue weighted by molar-refractivity contribution is 5.44. The molecule has 1 nitrogen and oxygen atoms in total. The van der Waals surface area contributed by atoms with Gasteiger partial charge in [0.15, 0.2) is 0 Å². The Kier molecular flexibility index (Phi) is 4.23. The second-order valence-electron chi connectivity index (χ2n) is 7.82. The molecular formula is C22H28O. The normalized spacial score (nSPS) is 14.5. The standard InChI is InChI=1S/C22H28O/c1-15-17-8-6-16-7-11-21(23-5)19(12-16)10-9-18(15)14-20(13-17)22(2,3)4/h7,11-14H,6,8-10H2,1-5H3. The zero-order valence-electron chi connectivity index (χ0n) is 15.1. The van der Waals surface area contributed by atoms with Gasteiger partial charge in [0.25, 0.3) is 0 Å². The monoisotopic (exact) mass is 308 g/mol. The molecule has 0 spiro atoms. The summed E-state index contributed by atoms with van der Waals surface area (Å²) < 4.78 is 5.56. The highest BCUT2D eigenvalue weighted by Crippen LogP contribution is 2.31. The average molecular weight is 308 g/mol. The Labute approximate surface area is 140 Å². The van der Waals surface area contributed by atoms with Crippen molar-refractivity contribution in [2.75, 3.05) is 7.11 Å². The van der Waals surface area contributed by atoms with Gasteiger partial charge in [0, 0.05) is 0 Å². The van der Waals surface area contributed by atoms with Gasteiger partial charge in [0.05, 0.1) is 7.11 Å². The Morgan fingerprint density at radius 3 is 2.04 bits per heavy atom. The largest absolute Gasteiger partial charge is 0.496 e. The molecule has 2 aromatic rings. The first kappa shape index (κ1) is 16.1. The summed E-state index contributed by atoms with van der Waals surface area (Å²) in [6.07, 6.45) is 4.35. The number of fused-ring (bicyclic) bond motifs is 4. The fraction of sp³-hybridized carbons (Fsp3) is 0.455. The molecule has 0 amide bonds. The molecule has 4 bridgehead atoms. The molecule has 0 radical (unpaired) electrons. The molecule has 0 fully saturated rings. The Morgan fingerprint density at radius 2 is 1.43 bits per heavy atom. The van der Waals surface area contributed by atoms with Crippen molar-refractivity contribution in [3.8, 4) is 5.75 Å². The van der Waals surface area contributed by atoms with Crippen LogP contribution in [0.2, 0.25) is 0 Å². The molecule has 0 N–H and O–H groups in total. The van der Waals surface area contributed by atoms with Crippen molar-refractivity contribution in [2.45, 2.75) is 58.8 Å². The lowest BCUT2D eigenvalue weighted by Gasteiger charge is -2.24. The van der Waals surface area contributed by atoms with Crippen LogP contribution in [-0.4, -0.2) is 7.11 Å². The highest BCUT2D eigenvalue weighted by atomic mass is 16.5. The molecule has 1 aliphatic carbocycles. The van der Waals surface area contributed by atoms with Crippen LogP contribution in [0.25, 0.3) is 0 Å². The van der Waals surface area contributed by atoms with Crippen molar-refractivity contribution >= 4 is 0 Å². The van der Waals surface area contributed by atoms with Crippen LogP contribution in [0.15, 0.2) is 30.3 Å². The lowest BCUT2D eigenvalue weighted by molar-refractivity contribution is 0.409. The van der Waals surface area contributed by atoms with Gasteiger partial charge in [-0.05, 0) is 77.5 Å². The van der Waals surface area contributed by atoms with Crippen LogP contribution in [0.4, 0.5) is 0 Å². The third-order valence-electron chi connectivity index (χ3n) is 5.18. The Bertz CT molecular complexity index is 719. The van der Waals surface area contributed by atoms with Gasteiger partial charge in [-0.3, -0.25) is 0 Å². The van der Waals surface area contributed by atoms with Crippen LogP contribution < -0.4 is 4.74 Å². The first-order valence-corrected chi connectivity index (χ1v) is 8.67. The summed E-state index contributed by atoms with van der Waals surface area (Å²) in [6.45, 7) is 9.22. The van der Waals surface area contributed by atoms with Gasteiger partial charge in [0.1, 0.15) is 5.75 Å². The smallest absolute Gasteiger partial charge is 0.122 e. The van der Waals surface area contributed by atoms with Crippen molar-refractivity contribution in [3.05, 3.63) is 63.7 Å². The van der Waals surface area contributed by atoms with Crippen LogP contribution in [0.1, 0.15) is 54.2 Å². The molecule has 23 heavy (non-hydrogen) atoms. The highest BCUT2D eigenvalue weighted by Gasteiger charge is 2.18. The van der Waals surface area contributed by atoms with Crippen molar-refractivity contribution in [3.63, 3.8) is 0 Å². The van der Waals surface area contributed by atoms with E-state index in [2.05, 4.69) is 58.0 Å². The molecule has 0 unspecified atom stereocenters. The van der Waals surface area contributed by atoms with Crippen LogP contribution >= 0.6 is 0 Å². The summed E-state index contributed by atoms with van der Waals surface area (Å²) in [5, 5.41) is 0. The summed E-state index contributed by atoms with van der Waals surface area (Å²) in [5.41, 5.74) is 8.94. The number of rotatable bonds is 1. The number of methoxy groups -OCH3 is 1. The van der Waals surface area contributed by atoms with Gasteiger partial charge in [-0.2, -0.15) is 0 Å². The molecule has 2 aromatic carbocycles. The topological polar surface area (TPSA) is 9.23 Å². The van der Waals surface area contributed by atoms with E-state index in [0.717, 1.165) is 31.4 Å². The van der Waals surface area contributed by atoms with Crippen LogP contribution in [0, 0.1) is 6.92 Å². The number of ether oxygens (including phenoxy) is 1. The van der Waals surface area contributed by atoms with E-state index in [1.807, 2.05) is 0 Å². The zero-order valence-corrected chi connectivity index (χ0v) is 15.1. The SMILES string of the molecule is COc1ccc2cc1CCc1cc(C(C)(C)C)cc(c1C)CC2. The van der Waals surface area contributed by atoms with Crippen molar-refractivity contribution in [2.24, 2.45) is 0 Å². The molecule has 1 heteroatoms. The number of aryl methyl sites for hydroxylation is 4. The molecule has 0 saturated carbocycles. The van der Waals surface area contributed by atoms with Gasteiger partial charge in [-0.25, -0.2) is 0 Å². The first-order chi connectivity index (χ1) is 10.9. The van der Waals surface area contributed by atoms with E-state index in [1.54, 1.807) is 7.11 Å². The number of hydrogen-bond donors (Lipinski definition) is 0. The predicted molar refractivity (Wildman–Crippen MR) is 97.7 cm³/mol. The summed E-state index contributed by atoms with van der Waals surface area (Å²) in [6, 6.07) is 11.5. The molecule has 0 aliphatic heterocycles. The minimum atomic E-state index is 0.202. The lowest BCUT2D eigenvalue weighted by Crippen LogP contribution is -2.14. The van der Waals surface area contributed by atoms with E-state index in [0.29, 0.717) is 0 Å². The van der Waals surface area contributed by atoms with Gasteiger partial charge in [0.2, 0.25) is 0 Å². The molecule has 0 saturated heterocycles. The minimum absolute atomic E-state index is 0.202. The van der Waals surface area contributed by atoms with Gasteiger partial charge in [-0.15, -0.1) is 0 Å². The molecule has 0 atom stereocenters. The maximum Gasteiger partial charge on any atom is 0.122 e. The fourth-order valence-corrected chi connectivity index (χ4v) is 3.52. The van der Waals surface area contributed by atoms with E-state index in [4.69, 9.17) is 4.74 Å². The fourth-order valence-electron chi connectivity index (χ4n) is 3.52. The predicted octanol–water partition coefficient (Wildman–Crippen LogP) is 5.18. The summed E-state index contributed by atoms with van der Waals surface area (Å²) >= 11 is 0. The van der Waals surface area contributed by atoms with Crippen molar-refractivity contribution in [1.82, 2.24) is 0 Å². The first-order valence-electron chi connectivity index (χ1n) is 8.67. The molecule has 0 heterocycles. The summed E-state index contributed by atoms with van der Waals surface area (Å²) in [7, 11) is 1.77. The minimum Gasteiger partial charge on any atom is -0.496 e. The Morgan fingerprint density at radius 1 is 0.826 bits per heavy atom. The third kappa shape index (κ3) is 3.29. The van der Waals surface area contributed by atoms with Crippen molar-refractivity contribution < 1.29 is 4.74 Å². The quantitative estimate of drug-likeness (QED) is 0.705. The maximum atomic E-state index is 5.56. The molecular weight excluding hydrogens is 280 g/mol. The maximum absolute atomic E-state index is 5.56. The summed E-state index contributed by atoms with van der Waals surface area (Å²) in [5.74, 6) is 1.03. The second-order valence-corrected chi connectivity index (χ2v) is 7.82. The van der Waals surface area contributed by atoms with E-state index in [1.165, 1.54) is 33.4 Å². The van der Waals surface area contributed by atoms with Crippen LogP contribution in [-0.2, 0) is 31.1 Å². The summed E-state index contributed by atoms with van der Waals surface area (Å²) in [4.78, 5) is 0. The van der Waals surface area contributed by atoms with E-state index in [-0.39, 0.29) is 5.41 Å². The average Bonchev–Trinajstić information content (AvgIpc) is 2.50. The third-order valence-corrected chi connectivity index (χ3v) is 5.18. The van der Waals surface area contributed by atoms with Crippen LogP contribution in [0.5, 0.6) is 5.75 Å². The molecule has 3 rings (SSSR count). The van der Waals surface area contributed by atoms with Gasteiger partial charge in [-0.1, -0.05) is 45.0 Å². The lowest BCUT2D eigenvalue weighted by atomic mass is 9.81. The number of benzene rings is 2. The van der Waals surface area contributed by atoms with Crippen molar-refractivity contribution in [1.29, 1.82) is 0 Å².